The summed E-state index contributed by atoms with van der Waals surface area (Å²) >= 11 is 0. The molecule has 1 aromatic heterocycles. The Morgan fingerprint density at radius 2 is 1.86 bits per heavy atom. The Morgan fingerprint density at radius 3 is 2.65 bits per heavy atom. The van der Waals surface area contributed by atoms with Crippen molar-refractivity contribution < 1.29 is 27.4 Å². The standard InChI is InChI=1S/C30H28F3NO3/c1-3-36-29(35)28-23-12-18-13-26(34-14-24(18)27(23)28)37-15-17-8-9-19-16(2)10-21(22(19)11-17)20-6-4-5-7-25(20)30(31,32)33/h4-9,11,13-14,16,21,23,27-28H,3,10,12,15H2,1-2H3/t16?,21?,23-,27-,28+/m1/s1. The molecule has 0 spiro atoms. The number of hydrogen-bond acceptors (Lipinski definition) is 4. The van der Waals surface area contributed by atoms with Crippen molar-refractivity contribution in [2.75, 3.05) is 6.61 Å². The number of benzene rings is 2. The van der Waals surface area contributed by atoms with Crippen molar-refractivity contribution in [1.29, 1.82) is 0 Å². The van der Waals surface area contributed by atoms with Crippen LogP contribution in [0, 0.1) is 11.8 Å². The van der Waals surface area contributed by atoms with Gasteiger partial charge in [-0.15, -0.1) is 0 Å². The van der Waals surface area contributed by atoms with E-state index in [1.165, 1.54) is 12.1 Å². The van der Waals surface area contributed by atoms with E-state index in [-0.39, 0.29) is 36.2 Å². The Kier molecular flexibility index (Phi) is 5.77. The van der Waals surface area contributed by atoms with Crippen molar-refractivity contribution >= 4 is 5.97 Å². The zero-order chi connectivity index (χ0) is 25.9. The first kappa shape index (κ1) is 24.0. The zero-order valence-corrected chi connectivity index (χ0v) is 20.7. The van der Waals surface area contributed by atoms with E-state index in [2.05, 4.69) is 11.9 Å². The van der Waals surface area contributed by atoms with Crippen LogP contribution in [0.2, 0.25) is 0 Å². The lowest BCUT2D eigenvalue weighted by Crippen LogP contribution is -2.12. The minimum absolute atomic E-state index is 0.0507. The number of halogens is 3. The van der Waals surface area contributed by atoms with Crippen LogP contribution < -0.4 is 4.74 Å². The van der Waals surface area contributed by atoms with Crippen molar-refractivity contribution in [2.24, 2.45) is 11.8 Å². The van der Waals surface area contributed by atoms with E-state index in [0.29, 0.717) is 30.4 Å². The molecule has 2 unspecified atom stereocenters. The molecule has 5 atom stereocenters. The topological polar surface area (TPSA) is 48.4 Å². The van der Waals surface area contributed by atoms with Crippen LogP contribution in [0.5, 0.6) is 5.88 Å². The molecular formula is C30H28F3NO3. The van der Waals surface area contributed by atoms with Gasteiger partial charge in [0.1, 0.15) is 6.61 Å². The lowest BCUT2D eigenvalue weighted by Gasteiger charge is -2.19. The molecule has 3 aliphatic carbocycles. The van der Waals surface area contributed by atoms with Crippen molar-refractivity contribution in [3.8, 4) is 5.88 Å². The summed E-state index contributed by atoms with van der Waals surface area (Å²) < 4.78 is 52.4. The van der Waals surface area contributed by atoms with Gasteiger partial charge < -0.3 is 9.47 Å². The fraction of sp³-hybridized carbons (Fsp3) is 0.400. The second-order valence-electron chi connectivity index (χ2n) is 10.4. The minimum Gasteiger partial charge on any atom is -0.473 e. The van der Waals surface area contributed by atoms with Gasteiger partial charge >= 0.3 is 12.1 Å². The maximum Gasteiger partial charge on any atom is 0.416 e. The summed E-state index contributed by atoms with van der Waals surface area (Å²) in [6, 6.07) is 13.8. The Bertz CT molecular complexity index is 1370. The molecule has 0 aliphatic heterocycles. The second kappa shape index (κ2) is 8.89. The van der Waals surface area contributed by atoms with Gasteiger partial charge in [-0.1, -0.05) is 43.3 Å². The van der Waals surface area contributed by atoms with E-state index in [4.69, 9.17) is 9.47 Å². The molecule has 1 heterocycles. The molecule has 0 N–H and O–H groups in total. The van der Waals surface area contributed by atoms with Gasteiger partial charge in [0.05, 0.1) is 18.1 Å². The predicted molar refractivity (Wildman–Crippen MR) is 131 cm³/mol. The Balaban J connectivity index is 1.19. The maximum absolute atomic E-state index is 13.7. The van der Waals surface area contributed by atoms with Crippen molar-refractivity contribution in [1.82, 2.24) is 4.98 Å². The summed E-state index contributed by atoms with van der Waals surface area (Å²) in [6.45, 7) is 4.55. The third kappa shape index (κ3) is 4.18. The number of esters is 1. The molecule has 0 bridgehead atoms. The second-order valence-corrected chi connectivity index (χ2v) is 10.4. The average molecular weight is 508 g/mol. The molecule has 6 rings (SSSR count). The molecule has 3 aromatic rings. The number of aromatic nitrogens is 1. The van der Waals surface area contributed by atoms with Crippen LogP contribution in [0.4, 0.5) is 13.2 Å². The molecule has 0 radical (unpaired) electrons. The fourth-order valence-electron chi connectivity index (χ4n) is 6.49. The van der Waals surface area contributed by atoms with Gasteiger partial charge in [-0.2, -0.15) is 13.2 Å². The zero-order valence-electron chi connectivity index (χ0n) is 20.7. The number of alkyl halides is 3. The van der Waals surface area contributed by atoms with Gasteiger partial charge in [0.2, 0.25) is 5.88 Å². The molecule has 4 nitrogen and oxygen atoms in total. The summed E-state index contributed by atoms with van der Waals surface area (Å²) in [4.78, 5) is 16.6. The van der Waals surface area contributed by atoms with Gasteiger partial charge in [-0.3, -0.25) is 4.79 Å². The highest BCUT2D eigenvalue weighted by atomic mass is 19.4. The highest BCUT2D eigenvalue weighted by Crippen LogP contribution is 2.62. The Morgan fingerprint density at radius 1 is 1.05 bits per heavy atom. The molecule has 0 amide bonds. The number of nitrogens with zero attached hydrogens (tertiary/aromatic N) is 1. The number of ether oxygens (including phenoxy) is 2. The third-order valence-electron chi connectivity index (χ3n) is 8.22. The van der Waals surface area contributed by atoms with Gasteiger partial charge in [-0.05, 0) is 71.0 Å². The number of fused-ring (bicyclic) bond motifs is 4. The fourth-order valence-corrected chi connectivity index (χ4v) is 6.49. The summed E-state index contributed by atoms with van der Waals surface area (Å²) in [7, 11) is 0. The molecule has 1 fully saturated rings. The number of carbonyl (C=O) groups is 1. The van der Waals surface area contributed by atoms with Crippen molar-refractivity contribution in [2.45, 2.75) is 57.2 Å². The van der Waals surface area contributed by atoms with E-state index in [9.17, 15) is 18.0 Å². The lowest BCUT2D eigenvalue weighted by molar-refractivity contribution is -0.145. The molecular weight excluding hydrogens is 479 g/mol. The monoisotopic (exact) mass is 507 g/mol. The van der Waals surface area contributed by atoms with Crippen LogP contribution in [-0.4, -0.2) is 17.6 Å². The van der Waals surface area contributed by atoms with Crippen LogP contribution >= 0.6 is 0 Å². The normalized spacial score (nSPS) is 25.3. The van der Waals surface area contributed by atoms with Crippen LogP contribution in [0.25, 0.3) is 0 Å². The van der Waals surface area contributed by atoms with Crippen LogP contribution in [0.1, 0.15) is 77.0 Å². The first-order valence-corrected chi connectivity index (χ1v) is 12.8. The molecule has 37 heavy (non-hydrogen) atoms. The Hall–Kier alpha value is -3.35. The van der Waals surface area contributed by atoms with Crippen molar-refractivity contribution in [3.05, 3.63) is 93.7 Å². The summed E-state index contributed by atoms with van der Waals surface area (Å²) in [5.41, 5.74) is 4.97. The minimum atomic E-state index is -4.39. The SMILES string of the molecule is CCOC(=O)[C@H]1[C@@H]2Cc3cc(OCc4ccc5c(c4)C(c4ccccc4C(F)(F)F)CC5C)ncc3[C@@H]21. The summed E-state index contributed by atoms with van der Waals surface area (Å²) in [5.74, 6) is 0.711. The number of hydrogen-bond donors (Lipinski definition) is 0. The number of rotatable bonds is 6. The van der Waals surface area contributed by atoms with Crippen LogP contribution in [0.15, 0.2) is 54.7 Å². The van der Waals surface area contributed by atoms with Crippen LogP contribution in [0.3, 0.4) is 0 Å². The average Bonchev–Trinajstić information content (AvgIpc) is 3.31. The Labute approximate surface area is 213 Å². The predicted octanol–water partition coefficient (Wildman–Crippen LogP) is 6.77. The summed E-state index contributed by atoms with van der Waals surface area (Å²) in [6.07, 6.45) is -1.11. The molecule has 7 heteroatoms. The highest BCUT2D eigenvalue weighted by molar-refractivity contribution is 5.79. The quantitative estimate of drug-likeness (QED) is 0.346. The van der Waals surface area contributed by atoms with Gasteiger partial charge in [-0.25, -0.2) is 4.98 Å². The largest absolute Gasteiger partial charge is 0.473 e. The first-order chi connectivity index (χ1) is 17.8. The third-order valence-corrected chi connectivity index (χ3v) is 8.22. The lowest BCUT2D eigenvalue weighted by atomic mass is 9.88. The molecule has 0 saturated heterocycles. The molecule has 3 aliphatic rings. The summed E-state index contributed by atoms with van der Waals surface area (Å²) in [5, 5.41) is 0. The van der Waals surface area contributed by atoms with E-state index in [1.54, 1.807) is 12.1 Å². The number of pyridine rings is 1. The van der Waals surface area contributed by atoms with E-state index in [0.717, 1.165) is 34.2 Å². The van der Waals surface area contributed by atoms with E-state index < -0.39 is 11.7 Å². The first-order valence-electron chi connectivity index (χ1n) is 12.8. The maximum atomic E-state index is 13.7. The molecule has 192 valence electrons. The smallest absolute Gasteiger partial charge is 0.416 e. The molecule has 1 saturated carbocycles. The van der Waals surface area contributed by atoms with Crippen molar-refractivity contribution in [3.63, 3.8) is 0 Å². The van der Waals surface area contributed by atoms with E-state index >= 15 is 0 Å². The number of carbonyl (C=O) groups excluding carboxylic acids is 1. The van der Waals surface area contributed by atoms with Gasteiger partial charge in [0.25, 0.3) is 0 Å². The van der Waals surface area contributed by atoms with Gasteiger partial charge in [0, 0.05) is 24.1 Å². The highest BCUT2D eigenvalue weighted by Gasteiger charge is 2.60. The van der Waals surface area contributed by atoms with Gasteiger partial charge in [0.15, 0.2) is 0 Å². The molecule has 2 aromatic carbocycles. The van der Waals surface area contributed by atoms with Crippen LogP contribution in [-0.2, 0) is 28.7 Å². The van der Waals surface area contributed by atoms with E-state index in [1.807, 2.05) is 37.4 Å².